The van der Waals surface area contributed by atoms with Gasteiger partial charge in [0.25, 0.3) is 5.91 Å². The molecule has 7 heteroatoms. The Kier molecular flexibility index (Phi) is 5.47. The Bertz CT molecular complexity index is 982. The number of nitrogens with one attached hydrogen (secondary N) is 1. The number of rotatable bonds is 6. The number of aromatic carboxylic acids is 1. The van der Waals surface area contributed by atoms with Crippen LogP contribution in [-0.4, -0.2) is 23.6 Å². The van der Waals surface area contributed by atoms with Crippen molar-refractivity contribution >= 4 is 29.2 Å². The van der Waals surface area contributed by atoms with Crippen molar-refractivity contribution in [2.75, 3.05) is 11.9 Å². The summed E-state index contributed by atoms with van der Waals surface area (Å²) in [6.07, 6.45) is 3.19. The van der Waals surface area contributed by atoms with Crippen LogP contribution in [0.5, 0.6) is 5.75 Å². The molecular weight excluding hydrogens is 370 g/mol. The molecule has 1 aromatic heterocycles. The topological polar surface area (TPSA) is 88.8 Å². The number of hydrogen-bond donors (Lipinski definition) is 2. The quantitative estimate of drug-likeness (QED) is 0.646. The predicted molar refractivity (Wildman–Crippen MR) is 101 cm³/mol. The minimum absolute atomic E-state index is 0.0738. The van der Waals surface area contributed by atoms with Gasteiger partial charge in [-0.15, -0.1) is 0 Å². The summed E-state index contributed by atoms with van der Waals surface area (Å²) in [5, 5.41) is 12.2. The third kappa shape index (κ3) is 4.48. The first-order valence-corrected chi connectivity index (χ1v) is 8.40. The average molecular weight is 386 g/mol. The minimum atomic E-state index is -1.18. The van der Waals surface area contributed by atoms with Crippen LogP contribution in [0, 0.1) is 6.92 Å². The third-order valence-corrected chi connectivity index (χ3v) is 4.07. The molecule has 0 saturated heterocycles. The molecule has 0 aliphatic carbocycles. The highest BCUT2D eigenvalue weighted by molar-refractivity contribution is 6.31. The fraction of sp³-hybridized carbons (Fsp3) is 0.100. The van der Waals surface area contributed by atoms with Gasteiger partial charge in [0.2, 0.25) is 0 Å². The normalized spacial score (nSPS) is 10.4. The van der Waals surface area contributed by atoms with Crippen LogP contribution in [0.2, 0.25) is 5.02 Å². The molecule has 3 rings (SSSR count). The zero-order valence-electron chi connectivity index (χ0n) is 14.4. The Morgan fingerprint density at radius 3 is 2.70 bits per heavy atom. The molecule has 0 radical (unpaired) electrons. The van der Waals surface area contributed by atoms with Crippen molar-refractivity contribution < 1.29 is 23.8 Å². The van der Waals surface area contributed by atoms with Crippen molar-refractivity contribution in [3.05, 3.63) is 71.1 Å². The summed E-state index contributed by atoms with van der Waals surface area (Å²) < 4.78 is 10.6. The molecule has 6 nitrogen and oxygen atoms in total. The monoisotopic (exact) mass is 385 g/mol. The lowest BCUT2D eigenvalue weighted by Gasteiger charge is -2.13. The molecule has 0 unspecified atom stereocenters. The molecule has 0 aliphatic heterocycles. The molecule has 0 spiro atoms. The van der Waals surface area contributed by atoms with Crippen LogP contribution in [0.15, 0.2) is 59.4 Å². The van der Waals surface area contributed by atoms with E-state index in [1.807, 2.05) is 12.1 Å². The van der Waals surface area contributed by atoms with E-state index in [-0.39, 0.29) is 22.9 Å². The first-order valence-electron chi connectivity index (χ1n) is 8.03. The van der Waals surface area contributed by atoms with Crippen molar-refractivity contribution in [1.29, 1.82) is 0 Å². The molecule has 3 aromatic rings. The molecule has 0 aliphatic rings. The number of amides is 1. The smallest absolute Gasteiger partial charge is 0.337 e. The van der Waals surface area contributed by atoms with Gasteiger partial charge in [0.05, 0.1) is 23.8 Å². The Morgan fingerprint density at radius 1 is 1.19 bits per heavy atom. The van der Waals surface area contributed by atoms with Crippen molar-refractivity contribution in [3.8, 4) is 16.9 Å². The first kappa shape index (κ1) is 18.5. The van der Waals surface area contributed by atoms with Crippen molar-refractivity contribution in [3.63, 3.8) is 0 Å². The number of carbonyl (C=O) groups excluding carboxylic acids is 1. The maximum absolute atomic E-state index is 12.2. The highest BCUT2D eigenvalue weighted by Crippen LogP contribution is 2.26. The number of aryl methyl sites for hydroxylation is 1. The highest BCUT2D eigenvalue weighted by Gasteiger charge is 2.16. The number of benzene rings is 2. The lowest BCUT2D eigenvalue weighted by molar-refractivity contribution is -0.118. The summed E-state index contributed by atoms with van der Waals surface area (Å²) in [6, 6.07) is 11.9. The van der Waals surface area contributed by atoms with E-state index < -0.39 is 11.9 Å². The number of halogens is 1. The zero-order valence-corrected chi connectivity index (χ0v) is 15.1. The minimum Gasteiger partial charge on any atom is -0.484 e. The van der Waals surface area contributed by atoms with E-state index in [0.29, 0.717) is 11.3 Å². The zero-order chi connectivity index (χ0) is 19.4. The van der Waals surface area contributed by atoms with Gasteiger partial charge in [-0.05, 0) is 48.4 Å². The van der Waals surface area contributed by atoms with Gasteiger partial charge in [-0.3, -0.25) is 4.79 Å². The van der Waals surface area contributed by atoms with Gasteiger partial charge in [-0.2, -0.15) is 0 Å². The summed E-state index contributed by atoms with van der Waals surface area (Å²) in [6.45, 7) is 1.40. The van der Waals surface area contributed by atoms with Crippen LogP contribution < -0.4 is 10.1 Å². The maximum Gasteiger partial charge on any atom is 0.337 e. The van der Waals surface area contributed by atoms with Gasteiger partial charge in [0.1, 0.15) is 5.75 Å². The van der Waals surface area contributed by atoms with Gasteiger partial charge in [-0.1, -0.05) is 23.7 Å². The molecule has 0 bridgehead atoms. The fourth-order valence-electron chi connectivity index (χ4n) is 2.60. The number of ether oxygens (including phenoxy) is 1. The number of carboxylic acids is 1. The molecule has 0 saturated carbocycles. The van der Waals surface area contributed by atoms with E-state index in [1.54, 1.807) is 43.7 Å². The van der Waals surface area contributed by atoms with E-state index in [0.717, 1.165) is 11.1 Å². The van der Waals surface area contributed by atoms with Gasteiger partial charge in [0.15, 0.2) is 6.61 Å². The SMILES string of the molecule is Cc1cc(Cl)cc(C(=O)O)c1NC(=O)COc1cccc(-c2ccoc2)c1. The number of carboxylic acid groups (broad SMARTS) is 1. The van der Waals surface area contributed by atoms with Crippen LogP contribution in [0.25, 0.3) is 11.1 Å². The number of carbonyl (C=O) groups is 2. The molecule has 1 heterocycles. The average Bonchev–Trinajstić information content (AvgIpc) is 3.17. The molecule has 27 heavy (non-hydrogen) atoms. The number of furan rings is 1. The molecule has 1 amide bonds. The summed E-state index contributed by atoms with van der Waals surface area (Å²) in [5.41, 5.74) is 2.47. The van der Waals surface area contributed by atoms with Gasteiger partial charge < -0.3 is 19.6 Å². The van der Waals surface area contributed by atoms with E-state index in [4.69, 9.17) is 20.8 Å². The molecule has 0 atom stereocenters. The molecule has 138 valence electrons. The second-order valence-corrected chi connectivity index (χ2v) is 6.26. The fourth-order valence-corrected chi connectivity index (χ4v) is 2.87. The Labute approximate surface area is 160 Å². The summed E-state index contributed by atoms with van der Waals surface area (Å²) in [5.74, 6) is -1.14. The van der Waals surface area contributed by atoms with E-state index in [1.165, 1.54) is 6.07 Å². The summed E-state index contributed by atoms with van der Waals surface area (Å²) in [4.78, 5) is 23.6. The van der Waals surface area contributed by atoms with E-state index in [2.05, 4.69) is 5.32 Å². The highest BCUT2D eigenvalue weighted by atomic mass is 35.5. The second-order valence-electron chi connectivity index (χ2n) is 5.83. The van der Waals surface area contributed by atoms with Crippen LogP contribution in [0.4, 0.5) is 5.69 Å². The van der Waals surface area contributed by atoms with E-state index in [9.17, 15) is 14.7 Å². The summed E-state index contributed by atoms with van der Waals surface area (Å²) in [7, 11) is 0. The van der Waals surface area contributed by atoms with Crippen LogP contribution in [0.3, 0.4) is 0 Å². The Morgan fingerprint density at radius 2 is 2.00 bits per heavy atom. The lowest BCUT2D eigenvalue weighted by atomic mass is 10.1. The first-order chi connectivity index (χ1) is 12.9. The van der Waals surface area contributed by atoms with Gasteiger partial charge in [-0.25, -0.2) is 4.79 Å². The molecule has 2 aromatic carbocycles. The number of anilines is 1. The number of hydrogen-bond acceptors (Lipinski definition) is 4. The van der Waals surface area contributed by atoms with Crippen molar-refractivity contribution in [2.45, 2.75) is 6.92 Å². The van der Waals surface area contributed by atoms with Gasteiger partial charge in [0, 0.05) is 10.6 Å². The van der Waals surface area contributed by atoms with Gasteiger partial charge >= 0.3 is 5.97 Å². The van der Waals surface area contributed by atoms with Crippen LogP contribution >= 0.6 is 11.6 Å². The Balaban J connectivity index is 1.69. The lowest BCUT2D eigenvalue weighted by Crippen LogP contribution is -2.22. The molecule has 0 fully saturated rings. The van der Waals surface area contributed by atoms with Crippen LogP contribution in [-0.2, 0) is 4.79 Å². The third-order valence-electron chi connectivity index (χ3n) is 3.85. The van der Waals surface area contributed by atoms with E-state index >= 15 is 0 Å². The predicted octanol–water partition coefficient (Wildman–Crippen LogP) is 4.62. The van der Waals surface area contributed by atoms with Crippen molar-refractivity contribution in [2.24, 2.45) is 0 Å². The maximum atomic E-state index is 12.2. The molecule has 2 N–H and O–H groups in total. The standard InChI is InChI=1S/C20H16ClNO5/c1-12-7-15(21)9-17(20(24)25)19(12)22-18(23)11-27-16-4-2-3-13(8-16)14-5-6-26-10-14/h2-10H,11H2,1H3,(H,22,23)(H,24,25). The largest absolute Gasteiger partial charge is 0.484 e. The second kappa shape index (κ2) is 7.97. The Hall–Kier alpha value is -3.25. The van der Waals surface area contributed by atoms with Crippen molar-refractivity contribution in [1.82, 2.24) is 0 Å². The van der Waals surface area contributed by atoms with Crippen LogP contribution in [0.1, 0.15) is 15.9 Å². The molecular formula is C20H16ClNO5. The summed E-state index contributed by atoms with van der Waals surface area (Å²) >= 11 is 5.89.